The second kappa shape index (κ2) is 11.2. The molecule has 35 heavy (non-hydrogen) atoms. The van der Waals surface area contributed by atoms with Crippen LogP contribution in [0.25, 0.3) is 0 Å². The van der Waals surface area contributed by atoms with E-state index in [0.717, 1.165) is 11.3 Å². The van der Waals surface area contributed by atoms with E-state index in [1.807, 2.05) is 36.4 Å². The van der Waals surface area contributed by atoms with Gasteiger partial charge >= 0.3 is 0 Å². The summed E-state index contributed by atoms with van der Waals surface area (Å²) in [4.78, 5) is 28.0. The third-order valence-corrected chi connectivity index (χ3v) is 4.75. The number of ether oxygens (including phenoxy) is 2. The van der Waals surface area contributed by atoms with E-state index >= 15 is 0 Å². The van der Waals surface area contributed by atoms with Gasteiger partial charge in [-0.05, 0) is 56.3 Å². The monoisotopic (exact) mass is 473 g/mol. The van der Waals surface area contributed by atoms with Crippen LogP contribution in [0.5, 0.6) is 17.2 Å². The third-order valence-electron chi connectivity index (χ3n) is 4.75. The lowest BCUT2D eigenvalue weighted by Gasteiger charge is -2.16. The van der Waals surface area contributed by atoms with Gasteiger partial charge in [-0.1, -0.05) is 30.0 Å². The van der Waals surface area contributed by atoms with Gasteiger partial charge in [0.2, 0.25) is 5.91 Å². The number of carbonyl (C=O) groups is 2. The number of pyridine rings is 1. The molecule has 0 saturated heterocycles. The number of aromatic nitrogens is 1. The molecule has 0 bridgehead atoms. The van der Waals surface area contributed by atoms with Gasteiger partial charge in [-0.15, -0.1) is 0 Å². The molecule has 2 aromatic carbocycles. The smallest absolute Gasteiger partial charge is 0.267 e. The molecule has 1 aromatic heterocycles. The normalized spacial score (nSPS) is 12.6. The molecule has 0 aliphatic carbocycles. The zero-order chi connectivity index (χ0) is 25.4. The largest absolute Gasteiger partial charge is 0.491 e. The van der Waals surface area contributed by atoms with Gasteiger partial charge in [-0.3, -0.25) is 9.59 Å². The first-order chi connectivity index (χ1) is 16.6. The number of amides is 2. The van der Waals surface area contributed by atoms with Crippen molar-refractivity contribution < 1.29 is 24.2 Å². The minimum Gasteiger partial charge on any atom is -0.491 e. The fourth-order valence-corrected chi connectivity index (χ4v) is 2.97. The van der Waals surface area contributed by atoms with E-state index in [4.69, 9.17) is 15.2 Å². The second-order valence-electron chi connectivity index (χ2n) is 8.20. The van der Waals surface area contributed by atoms with Crippen LogP contribution >= 0.6 is 0 Å². The Kier molecular flexibility index (Phi) is 8.08. The van der Waals surface area contributed by atoms with Crippen molar-refractivity contribution in [2.75, 3.05) is 18.6 Å². The molecule has 0 unspecified atom stereocenters. The van der Waals surface area contributed by atoms with Crippen molar-refractivity contribution in [3.05, 3.63) is 78.1 Å². The van der Waals surface area contributed by atoms with Crippen LogP contribution in [0.3, 0.4) is 0 Å². The number of fused-ring (bicyclic) bond motifs is 1. The Bertz CT molecular complexity index is 1240. The van der Waals surface area contributed by atoms with Gasteiger partial charge in [0.05, 0.1) is 24.9 Å². The van der Waals surface area contributed by atoms with Crippen LogP contribution in [0.1, 0.15) is 36.3 Å². The Morgan fingerprint density at radius 3 is 2.51 bits per heavy atom. The highest BCUT2D eigenvalue weighted by Crippen LogP contribution is 2.31. The van der Waals surface area contributed by atoms with Gasteiger partial charge in [0.25, 0.3) is 5.91 Å². The van der Waals surface area contributed by atoms with E-state index in [-0.39, 0.29) is 11.6 Å². The third kappa shape index (κ3) is 7.59. The number of nitrogens with zero attached hydrogens (tertiary/aromatic N) is 2. The van der Waals surface area contributed by atoms with Crippen molar-refractivity contribution in [1.29, 1.82) is 0 Å². The Morgan fingerprint density at radius 2 is 1.89 bits per heavy atom. The van der Waals surface area contributed by atoms with Crippen LogP contribution in [0.15, 0.2) is 66.9 Å². The van der Waals surface area contributed by atoms with Gasteiger partial charge in [0.15, 0.2) is 0 Å². The molecule has 2 heterocycles. The van der Waals surface area contributed by atoms with E-state index in [1.165, 1.54) is 12.3 Å². The molecular weight excluding hydrogens is 446 g/mol. The Hall–Kier alpha value is -4.35. The number of benzene rings is 2. The number of rotatable bonds is 3. The van der Waals surface area contributed by atoms with Gasteiger partial charge in [0, 0.05) is 12.6 Å². The van der Waals surface area contributed by atoms with Crippen LogP contribution in [0.2, 0.25) is 0 Å². The molecule has 0 saturated carbocycles. The first-order valence-corrected chi connectivity index (χ1v) is 10.9. The summed E-state index contributed by atoms with van der Waals surface area (Å²) in [5.41, 5.74) is 5.71. The summed E-state index contributed by atoms with van der Waals surface area (Å²) in [6.45, 7) is 3.65. The quantitative estimate of drug-likeness (QED) is 0.563. The lowest BCUT2D eigenvalue weighted by atomic mass is 10.1. The maximum Gasteiger partial charge on any atom is 0.267 e. The van der Waals surface area contributed by atoms with Gasteiger partial charge in [-0.2, -0.15) is 0 Å². The number of aliphatic hydroxyl groups is 1. The molecule has 1 aliphatic rings. The average Bonchev–Trinajstić information content (AvgIpc) is 2.97. The van der Waals surface area contributed by atoms with E-state index in [2.05, 4.69) is 16.8 Å². The number of nitrogens with two attached hydrogens (primary N) is 1. The van der Waals surface area contributed by atoms with Crippen LogP contribution in [-0.2, 0) is 4.79 Å². The van der Waals surface area contributed by atoms with E-state index in [1.54, 1.807) is 44.0 Å². The number of primary amides is 1. The van der Waals surface area contributed by atoms with Gasteiger partial charge in [-0.25, -0.2) is 4.98 Å². The summed E-state index contributed by atoms with van der Waals surface area (Å²) >= 11 is 0. The molecular formula is C27H27N3O5. The molecule has 8 heteroatoms. The molecule has 0 fully saturated rings. The number of carbonyl (C=O) groups excluding carboxylic acids is 2. The molecule has 0 atom stereocenters. The van der Waals surface area contributed by atoms with Crippen molar-refractivity contribution in [2.45, 2.75) is 25.9 Å². The highest BCUT2D eigenvalue weighted by Gasteiger charge is 2.20. The molecule has 3 aromatic rings. The minimum absolute atomic E-state index is 0.0198. The molecule has 0 spiro atoms. The lowest BCUT2D eigenvalue weighted by Crippen LogP contribution is -2.25. The van der Waals surface area contributed by atoms with E-state index < -0.39 is 11.5 Å². The summed E-state index contributed by atoms with van der Waals surface area (Å²) in [6.07, 6.45) is 1.84. The molecule has 1 aliphatic heterocycles. The summed E-state index contributed by atoms with van der Waals surface area (Å²) < 4.78 is 11.0. The number of hydrogen-bond donors (Lipinski definition) is 2. The molecule has 4 rings (SSSR count). The average molecular weight is 474 g/mol. The number of anilines is 1. The predicted octanol–water partition coefficient (Wildman–Crippen LogP) is 3.53. The fourth-order valence-electron chi connectivity index (χ4n) is 2.97. The van der Waals surface area contributed by atoms with Crippen molar-refractivity contribution in [2.24, 2.45) is 5.73 Å². The number of para-hydroxylation sites is 1. The predicted molar refractivity (Wildman–Crippen MR) is 132 cm³/mol. The van der Waals surface area contributed by atoms with Crippen LogP contribution in [-0.4, -0.2) is 41.2 Å². The number of hydrogen-bond acceptors (Lipinski definition) is 6. The Labute approximate surface area is 204 Å². The zero-order valence-electron chi connectivity index (χ0n) is 19.8. The van der Waals surface area contributed by atoms with Crippen molar-refractivity contribution in [1.82, 2.24) is 4.98 Å². The molecule has 2 amide bonds. The fraction of sp³-hybridized carbons (Fsp3) is 0.222. The Balaban J connectivity index is 0.000000198. The molecule has 180 valence electrons. The highest BCUT2D eigenvalue weighted by molar-refractivity contribution is 5.95. The molecule has 8 nitrogen and oxygen atoms in total. The summed E-state index contributed by atoms with van der Waals surface area (Å²) in [6, 6.07) is 17.9. The Morgan fingerprint density at radius 1 is 1.14 bits per heavy atom. The van der Waals surface area contributed by atoms with Crippen molar-refractivity contribution in [3.63, 3.8) is 0 Å². The maximum absolute atomic E-state index is 11.8. The SMILES string of the molecule is CN1C(=O)CCOc2ccc(C#CC(C)(C)O)cc21.NC(=O)c1ccc(Oc2ccccc2)cn1. The molecule has 3 N–H and O–H groups in total. The van der Waals surface area contributed by atoms with E-state index in [9.17, 15) is 14.7 Å². The lowest BCUT2D eigenvalue weighted by molar-refractivity contribution is -0.118. The first-order valence-electron chi connectivity index (χ1n) is 10.9. The standard InChI is InChI=1S/C15H17NO3.C12H10N2O2/c1-15(2,18)8-6-11-4-5-13-12(10-11)16(3)14(17)7-9-19-13;13-12(15)11-7-6-10(8-14-11)16-9-4-2-1-3-5-9/h4-5,10,18H,7,9H2,1-3H3;1-8H,(H2,13,15). The van der Waals surface area contributed by atoms with E-state index in [0.29, 0.717) is 30.2 Å². The first kappa shape index (κ1) is 25.3. The van der Waals surface area contributed by atoms with Crippen molar-refractivity contribution in [3.8, 4) is 29.1 Å². The summed E-state index contributed by atoms with van der Waals surface area (Å²) in [7, 11) is 1.73. The highest BCUT2D eigenvalue weighted by atomic mass is 16.5. The summed E-state index contributed by atoms with van der Waals surface area (Å²) in [5.74, 6) is 7.08. The van der Waals surface area contributed by atoms with Crippen LogP contribution in [0.4, 0.5) is 5.69 Å². The molecule has 0 radical (unpaired) electrons. The second-order valence-corrected chi connectivity index (χ2v) is 8.20. The van der Waals surface area contributed by atoms with Gasteiger partial charge < -0.3 is 25.2 Å². The maximum atomic E-state index is 11.8. The minimum atomic E-state index is -1.04. The zero-order valence-corrected chi connectivity index (χ0v) is 19.8. The van der Waals surface area contributed by atoms with Crippen molar-refractivity contribution >= 4 is 17.5 Å². The van der Waals surface area contributed by atoms with Crippen LogP contribution < -0.4 is 20.1 Å². The van der Waals surface area contributed by atoms with Crippen LogP contribution in [0, 0.1) is 11.8 Å². The topological polar surface area (TPSA) is 115 Å². The van der Waals surface area contributed by atoms with Gasteiger partial charge in [0.1, 0.15) is 28.5 Å². The summed E-state index contributed by atoms with van der Waals surface area (Å²) in [5, 5.41) is 9.59.